The van der Waals surface area contributed by atoms with Crippen molar-refractivity contribution in [2.75, 3.05) is 0 Å². The highest BCUT2D eigenvalue weighted by atomic mass is 16.6. The van der Waals surface area contributed by atoms with Crippen LogP contribution in [-0.2, 0) is 6.61 Å². The summed E-state index contributed by atoms with van der Waals surface area (Å²) in [5.74, 6) is -0.642. The van der Waals surface area contributed by atoms with Gasteiger partial charge in [-0.1, -0.05) is 18.2 Å². The molecular weight excluding hydrogens is 274 g/mol. The molecule has 6 nitrogen and oxygen atoms in total. The predicted octanol–water partition coefficient (Wildman–Crippen LogP) is 3.18. The summed E-state index contributed by atoms with van der Waals surface area (Å²) in [6.07, 6.45) is 0. The fraction of sp³-hybridized carbons (Fsp3) is 0.133. The maximum Gasteiger partial charge on any atom is 0.336 e. The number of nitrogens with zero attached hydrogens (tertiary/aromatic N) is 1. The molecule has 2 aromatic carbocycles. The van der Waals surface area contributed by atoms with Gasteiger partial charge < -0.3 is 9.84 Å². The first kappa shape index (κ1) is 14.5. The Morgan fingerprint density at radius 1 is 1.24 bits per heavy atom. The van der Waals surface area contributed by atoms with Crippen LogP contribution in [0.25, 0.3) is 0 Å². The first-order chi connectivity index (χ1) is 10.0. The largest absolute Gasteiger partial charge is 0.488 e. The molecule has 6 heteroatoms. The summed E-state index contributed by atoms with van der Waals surface area (Å²) < 4.78 is 5.54. The van der Waals surface area contributed by atoms with E-state index in [0.29, 0.717) is 16.9 Å². The molecule has 0 aliphatic carbocycles. The van der Waals surface area contributed by atoms with Gasteiger partial charge >= 0.3 is 5.97 Å². The Morgan fingerprint density at radius 2 is 1.95 bits per heavy atom. The van der Waals surface area contributed by atoms with E-state index in [4.69, 9.17) is 9.84 Å². The molecule has 0 saturated carbocycles. The number of carboxylic acids is 1. The van der Waals surface area contributed by atoms with Crippen LogP contribution < -0.4 is 4.74 Å². The second-order valence-electron chi connectivity index (χ2n) is 4.41. The number of rotatable bonds is 5. The number of hydrogen-bond donors (Lipinski definition) is 1. The van der Waals surface area contributed by atoms with Gasteiger partial charge in [0.25, 0.3) is 5.69 Å². The van der Waals surface area contributed by atoms with Gasteiger partial charge in [-0.3, -0.25) is 10.1 Å². The second kappa shape index (κ2) is 6.04. The average molecular weight is 287 g/mol. The van der Waals surface area contributed by atoms with Crippen LogP contribution >= 0.6 is 0 Å². The van der Waals surface area contributed by atoms with Crippen molar-refractivity contribution in [2.24, 2.45) is 0 Å². The molecule has 1 N–H and O–H groups in total. The Hall–Kier alpha value is -2.89. The number of ether oxygens (including phenoxy) is 1. The number of para-hydroxylation sites is 1. The summed E-state index contributed by atoms with van der Waals surface area (Å²) >= 11 is 0. The molecule has 0 amide bonds. The molecule has 0 aliphatic heterocycles. The monoisotopic (exact) mass is 287 g/mol. The van der Waals surface area contributed by atoms with Crippen LogP contribution in [0.15, 0.2) is 42.5 Å². The van der Waals surface area contributed by atoms with Gasteiger partial charge in [0.15, 0.2) is 0 Å². The van der Waals surface area contributed by atoms with Gasteiger partial charge in [0.1, 0.15) is 12.4 Å². The number of benzene rings is 2. The number of aromatic carboxylic acids is 1. The third kappa shape index (κ3) is 3.17. The third-order valence-electron chi connectivity index (χ3n) is 3.09. The first-order valence-electron chi connectivity index (χ1n) is 6.18. The van der Waals surface area contributed by atoms with Gasteiger partial charge in [-0.2, -0.15) is 0 Å². The number of carbonyl (C=O) groups is 1. The van der Waals surface area contributed by atoms with E-state index in [2.05, 4.69) is 0 Å². The van der Waals surface area contributed by atoms with Crippen LogP contribution in [0.4, 0.5) is 5.69 Å². The Balaban J connectivity index is 2.23. The summed E-state index contributed by atoms with van der Waals surface area (Å²) in [5, 5.41) is 20.0. The fourth-order valence-electron chi connectivity index (χ4n) is 1.97. The molecule has 0 bridgehead atoms. The summed E-state index contributed by atoms with van der Waals surface area (Å²) in [6, 6.07) is 11.0. The Kier molecular flexibility index (Phi) is 4.18. The van der Waals surface area contributed by atoms with E-state index in [0.717, 1.165) is 0 Å². The van der Waals surface area contributed by atoms with E-state index in [1.807, 2.05) is 0 Å². The standard InChI is InChI=1S/C15H13NO5/c1-10-12(15(17)18)6-4-8-14(10)21-9-11-5-2-3-7-13(11)16(19)20/h2-8H,9H2,1H3,(H,17,18). The molecule has 0 spiro atoms. The van der Waals surface area contributed by atoms with Crippen molar-refractivity contribution in [1.82, 2.24) is 0 Å². The van der Waals surface area contributed by atoms with Crippen LogP contribution in [0.2, 0.25) is 0 Å². The molecule has 2 aromatic rings. The first-order valence-corrected chi connectivity index (χ1v) is 6.18. The van der Waals surface area contributed by atoms with Gasteiger partial charge in [-0.05, 0) is 25.1 Å². The molecule has 0 atom stereocenters. The third-order valence-corrected chi connectivity index (χ3v) is 3.09. The van der Waals surface area contributed by atoms with E-state index in [1.165, 1.54) is 12.1 Å². The molecular formula is C15H13NO5. The lowest BCUT2D eigenvalue weighted by atomic mass is 10.1. The number of nitro groups is 1. The summed E-state index contributed by atoms with van der Waals surface area (Å²) in [7, 11) is 0. The van der Waals surface area contributed by atoms with Crippen molar-refractivity contribution in [3.8, 4) is 5.75 Å². The number of hydrogen-bond acceptors (Lipinski definition) is 4. The van der Waals surface area contributed by atoms with Crippen molar-refractivity contribution in [2.45, 2.75) is 13.5 Å². The minimum Gasteiger partial charge on any atom is -0.488 e. The van der Waals surface area contributed by atoms with Crippen molar-refractivity contribution in [1.29, 1.82) is 0 Å². The van der Waals surface area contributed by atoms with Crippen molar-refractivity contribution in [3.05, 3.63) is 69.3 Å². The molecule has 0 saturated heterocycles. The molecule has 21 heavy (non-hydrogen) atoms. The van der Waals surface area contributed by atoms with Gasteiger partial charge in [0, 0.05) is 11.6 Å². The summed E-state index contributed by atoms with van der Waals surface area (Å²) in [6.45, 7) is 1.64. The molecule has 0 heterocycles. The summed E-state index contributed by atoms with van der Waals surface area (Å²) in [4.78, 5) is 21.5. The van der Waals surface area contributed by atoms with E-state index in [-0.39, 0.29) is 17.9 Å². The quantitative estimate of drug-likeness (QED) is 0.673. The Labute approximate surface area is 120 Å². The van der Waals surface area contributed by atoms with Gasteiger partial charge in [-0.25, -0.2) is 4.79 Å². The summed E-state index contributed by atoms with van der Waals surface area (Å²) in [5.41, 5.74) is 1.05. The van der Waals surface area contributed by atoms with E-state index in [9.17, 15) is 14.9 Å². The Morgan fingerprint density at radius 3 is 2.62 bits per heavy atom. The van der Waals surface area contributed by atoms with E-state index >= 15 is 0 Å². The average Bonchev–Trinajstić information content (AvgIpc) is 2.46. The lowest BCUT2D eigenvalue weighted by molar-refractivity contribution is -0.385. The van der Waals surface area contributed by atoms with Crippen molar-refractivity contribution in [3.63, 3.8) is 0 Å². The topological polar surface area (TPSA) is 89.7 Å². The highest BCUT2D eigenvalue weighted by molar-refractivity contribution is 5.90. The smallest absolute Gasteiger partial charge is 0.336 e. The van der Waals surface area contributed by atoms with Crippen LogP contribution in [0, 0.1) is 17.0 Å². The van der Waals surface area contributed by atoms with E-state index in [1.54, 1.807) is 37.3 Å². The molecule has 2 rings (SSSR count). The molecule has 0 fully saturated rings. The fourth-order valence-corrected chi connectivity index (χ4v) is 1.97. The molecule has 108 valence electrons. The SMILES string of the molecule is Cc1c(OCc2ccccc2[N+](=O)[O-])cccc1C(=O)O. The second-order valence-corrected chi connectivity index (χ2v) is 4.41. The van der Waals surface area contributed by atoms with Gasteiger partial charge in [-0.15, -0.1) is 0 Å². The molecule has 0 unspecified atom stereocenters. The van der Waals surface area contributed by atoms with Gasteiger partial charge in [0.2, 0.25) is 0 Å². The zero-order valence-electron chi connectivity index (χ0n) is 11.3. The maximum absolute atomic E-state index is 11.0. The van der Waals surface area contributed by atoms with Crippen LogP contribution in [-0.4, -0.2) is 16.0 Å². The minimum absolute atomic E-state index is 0.00106. The molecule has 0 aliphatic rings. The van der Waals surface area contributed by atoms with Crippen molar-refractivity contribution < 1.29 is 19.6 Å². The lowest BCUT2D eigenvalue weighted by Gasteiger charge is -2.11. The zero-order chi connectivity index (χ0) is 15.4. The Bertz CT molecular complexity index is 696. The van der Waals surface area contributed by atoms with Gasteiger partial charge in [0.05, 0.1) is 16.1 Å². The van der Waals surface area contributed by atoms with Crippen LogP contribution in [0.5, 0.6) is 5.75 Å². The highest BCUT2D eigenvalue weighted by Gasteiger charge is 2.15. The van der Waals surface area contributed by atoms with Crippen LogP contribution in [0.1, 0.15) is 21.5 Å². The minimum atomic E-state index is -1.04. The number of nitro benzene ring substituents is 1. The predicted molar refractivity (Wildman–Crippen MR) is 75.6 cm³/mol. The molecule has 0 radical (unpaired) electrons. The normalized spacial score (nSPS) is 10.1. The van der Waals surface area contributed by atoms with E-state index < -0.39 is 10.9 Å². The molecule has 0 aromatic heterocycles. The highest BCUT2D eigenvalue weighted by Crippen LogP contribution is 2.24. The lowest BCUT2D eigenvalue weighted by Crippen LogP contribution is -2.04. The maximum atomic E-state index is 11.0. The van der Waals surface area contributed by atoms with Crippen molar-refractivity contribution >= 4 is 11.7 Å². The zero-order valence-corrected chi connectivity index (χ0v) is 11.3. The van der Waals surface area contributed by atoms with Crippen LogP contribution in [0.3, 0.4) is 0 Å². The number of carboxylic acid groups (broad SMARTS) is 1.